The van der Waals surface area contributed by atoms with Crippen molar-refractivity contribution in [3.05, 3.63) is 24.3 Å². The van der Waals surface area contributed by atoms with E-state index in [-0.39, 0.29) is 17.8 Å². The summed E-state index contributed by atoms with van der Waals surface area (Å²) < 4.78 is 16.4. The van der Waals surface area contributed by atoms with E-state index in [2.05, 4.69) is 5.32 Å². The number of nitrogens with two attached hydrogens (primary N) is 1. The number of anilines is 1. The van der Waals surface area contributed by atoms with E-state index < -0.39 is 10.8 Å². The van der Waals surface area contributed by atoms with E-state index in [1.165, 1.54) is 0 Å². The smallest absolute Gasteiger partial charge is 0.257 e. The van der Waals surface area contributed by atoms with E-state index in [4.69, 9.17) is 10.5 Å². The number of amides is 1. The van der Waals surface area contributed by atoms with Gasteiger partial charge in [-0.05, 0) is 18.6 Å². The van der Waals surface area contributed by atoms with Crippen molar-refractivity contribution in [2.45, 2.75) is 18.6 Å². The Kier molecular flexibility index (Phi) is 6.35. The molecule has 0 fully saturated rings. The maximum absolute atomic E-state index is 11.5. The molecule has 106 valence electrons. The SMILES string of the molecule is CC(CCNC(=O)COc1ccccc1N)S(C)=O. The molecule has 1 aromatic carbocycles. The molecule has 0 saturated heterocycles. The van der Waals surface area contributed by atoms with Gasteiger partial charge in [0.2, 0.25) is 0 Å². The number of ether oxygens (including phenoxy) is 1. The minimum atomic E-state index is -0.861. The predicted molar refractivity (Wildman–Crippen MR) is 77.5 cm³/mol. The van der Waals surface area contributed by atoms with Crippen LogP contribution < -0.4 is 15.8 Å². The van der Waals surface area contributed by atoms with Gasteiger partial charge in [0.1, 0.15) is 5.75 Å². The van der Waals surface area contributed by atoms with Gasteiger partial charge in [0.25, 0.3) is 5.91 Å². The highest BCUT2D eigenvalue weighted by atomic mass is 32.2. The molecule has 3 N–H and O–H groups in total. The molecule has 6 heteroatoms. The van der Waals surface area contributed by atoms with Crippen molar-refractivity contribution < 1.29 is 13.7 Å². The van der Waals surface area contributed by atoms with E-state index in [0.717, 1.165) is 0 Å². The van der Waals surface area contributed by atoms with Gasteiger partial charge in [0, 0.05) is 28.9 Å². The van der Waals surface area contributed by atoms with Crippen LogP contribution in [0.15, 0.2) is 24.3 Å². The molecule has 2 unspecified atom stereocenters. The van der Waals surface area contributed by atoms with E-state index in [1.54, 1.807) is 30.5 Å². The van der Waals surface area contributed by atoms with Crippen LogP contribution >= 0.6 is 0 Å². The van der Waals surface area contributed by atoms with Gasteiger partial charge in [-0.1, -0.05) is 19.1 Å². The fourth-order valence-electron chi connectivity index (χ4n) is 1.39. The fraction of sp³-hybridized carbons (Fsp3) is 0.462. The summed E-state index contributed by atoms with van der Waals surface area (Å²) in [7, 11) is -0.861. The average Bonchev–Trinajstić information content (AvgIpc) is 2.37. The van der Waals surface area contributed by atoms with Gasteiger partial charge in [-0.3, -0.25) is 9.00 Å². The van der Waals surface area contributed by atoms with Crippen molar-refractivity contribution in [2.24, 2.45) is 0 Å². The summed E-state index contributed by atoms with van der Waals surface area (Å²) in [5, 5.41) is 2.79. The summed E-state index contributed by atoms with van der Waals surface area (Å²) in [6, 6.07) is 7.02. The number of nitrogens with one attached hydrogen (secondary N) is 1. The molecule has 0 saturated carbocycles. The Morgan fingerprint density at radius 1 is 1.47 bits per heavy atom. The Labute approximate surface area is 116 Å². The van der Waals surface area contributed by atoms with E-state index in [9.17, 15) is 9.00 Å². The van der Waals surface area contributed by atoms with E-state index in [1.807, 2.05) is 6.92 Å². The molecular formula is C13H20N2O3S. The van der Waals surface area contributed by atoms with Crippen LogP contribution in [0, 0.1) is 0 Å². The molecule has 1 amide bonds. The third-order valence-electron chi connectivity index (χ3n) is 2.72. The number of hydrogen-bond acceptors (Lipinski definition) is 4. The quantitative estimate of drug-likeness (QED) is 0.730. The van der Waals surface area contributed by atoms with Crippen LogP contribution in [0.3, 0.4) is 0 Å². The number of nitrogen functional groups attached to an aromatic ring is 1. The van der Waals surface area contributed by atoms with Gasteiger partial charge >= 0.3 is 0 Å². The summed E-state index contributed by atoms with van der Waals surface area (Å²) in [5.41, 5.74) is 6.19. The van der Waals surface area contributed by atoms with Crippen LogP contribution in [0.4, 0.5) is 5.69 Å². The van der Waals surface area contributed by atoms with Crippen molar-refractivity contribution in [1.82, 2.24) is 5.32 Å². The second-order valence-corrected chi connectivity index (χ2v) is 6.08. The Morgan fingerprint density at radius 3 is 2.79 bits per heavy atom. The minimum absolute atomic E-state index is 0.0716. The van der Waals surface area contributed by atoms with E-state index in [0.29, 0.717) is 24.4 Å². The van der Waals surface area contributed by atoms with Crippen LogP contribution in [0.25, 0.3) is 0 Å². The Balaban J connectivity index is 2.25. The molecule has 0 radical (unpaired) electrons. The van der Waals surface area contributed by atoms with Crippen molar-refractivity contribution in [2.75, 3.05) is 25.1 Å². The predicted octanol–water partition coefficient (Wildman–Crippen LogP) is 0.921. The van der Waals surface area contributed by atoms with Crippen molar-refractivity contribution in [3.63, 3.8) is 0 Å². The third kappa shape index (κ3) is 5.74. The molecule has 1 aromatic rings. The second kappa shape index (κ2) is 7.78. The molecule has 0 aromatic heterocycles. The van der Waals surface area contributed by atoms with Gasteiger partial charge in [0.15, 0.2) is 6.61 Å². The summed E-state index contributed by atoms with van der Waals surface area (Å²) >= 11 is 0. The normalized spacial score (nSPS) is 13.6. The molecule has 0 aliphatic heterocycles. The molecule has 19 heavy (non-hydrogen) atoms. The number of hydrogen-bond donors (Lipinski definition) is 2. The standard InChI is InChI=1S/C13H20N2O3S/c1-10(19(2)17)7-8-15-13(16)9-18-12-6-4-3-5-11(12)14/h3-6,10H,7-9,14H2,1-2H3,(H,15,16). The zero-order valence-electron chi connectivity index (χ0n) is 11.2. The fourth-order valence-corrected chi connectivity index (χ4v) is 1.84. The molecule has 0 aliphatic rings. The van der Waals surface area contributed by atoms with Crippen LogP contribution in [0.1, 0.15) is 13.3 Å². The lowest BCUT2D eigenvalue weighted by molar-refractivity contribution is -0.123. The summed E-state index contributed by atoms with van der Waals surface area (Å²) in [6.07, 6.45) is 2.34. The van der Waals surface area contributed by atoms with Crippen LogP contribution in [0.2, 0.25) is 0 Å². The van der Waals surface area contributed by atoms with Crippen molar-refractivity contribution in [3.8, 4) is 5.75 Å². The number of carbonyl (C=O) groups is 1. The monoisotopic (exact) mass is 284 g/mol. The van der Waals surface area contributed by atoms with E-state index >= 15 is 0 Å². The summed E-state index contributed by atoms with van der Waals surface area (Å²) in [5.74, 6) is 0.290. The summed E-state index contributed by atoms with van der Waals surface area (Å²) in [6.45, 7) is 2.31. The molecule has 0 spiro atoms. The largest absolute Gasteiger partial charge is 0.482 e. The second-order valence-electron chi connectivity index (χ2n) is 4.27. The number of carbonyl (C=O) groups excluding carboxylic acids is 1. The molecule has 0 aliphatic carbocycles. The molecule has 1 rings (SSSR count). The van der Waals surface area contributed by atoms with Crippen LogP contribution in [-0.4, -0.2) is 34.8 Å². The highest BCUT2D eigenvalue weighted by Crippen LogP contribution is 2.19. The van der Waals surface area contributed by atoms with Gasteiger partial charge in [-0.15, -0.1) is 0 Å². The lowest BCUT2D eigenvalue weighted by atomic mass is 10.3. The number of benzene rings is 1. The lowest BCUT2D eigenvalue weighted by Gasteiger charge is -2.11. The first-order valence-electron chi connectivity index (χ1n) is 6.07. The number of para-hydroxylation sites is 2. The first-order chi connectivity index (χ1) is 9.00. The maximum atomic E-state index is 11.5. The van der Waals surface area contributed by atoms with Crippen LogP contribution in [0.5, 0.6) is 5.75 Å². The van der Waals surface area contributed by atoms with Crippen molar-refractivity contribution >= 4 is 22.4 Å². The Morgan fingerprint density at radius 2 is 2.16 bits per heavy atom. The first kappa shape index (κ1) is 15.5. The third-order valence-corrected chi connectivity index (χ3v) is 4.09. The Hall–Kier alpha value is -1.56. The maximum Gasteiger partial charge on any atom is 0.257 e. The van der Waals surface area contributed by atoms with Gasteiger partial charge in [-0.25, -0.2) is 0 Å². The van der Waals surface area contributed by atoms with Crippen molar-refractivity contribution in [1.29, 1.82) is 0 Å². The molecule has 0 heterocycles. The molecular weight excluding hydrogens is 264 g/mol. The highest BCUT2D eigenvalue weighted by molar-refractivity contribution is 7.84. The number of rotatable bonds is 7. The summed E-state index contributed by atoms with van der Waals surface area (Å²) in [4.78, 5) is 11.5. The zero-order valence-corrected chi connectivity index (χ0v) is 12.0. The topological polar surface area (TPSA) is 81.4 Å². The van der Waals surface area contributed by atoms with Gasteiger partial charge in [-0.2, -0.15) is 0 Å². The molecule has 5 nitrogen and oxygen atoms in total. The minimum Gasteiger partial charge on any atom is -0.482 e. The molecule has 0 bridgehead atoms. The molecule has 2 atom stereocenters. The first-order valence-corrected chi connectivity index (χ1v) is 7.69. The zero-order chi connectivity index (χ0) is 14.3. The van der Waals surface area contributed by atoms with Crippen LogP contribution in [-0.2, 0) is 15.6 Å². The lowest BCUT2D eigenvalue weighted by Crippen LogP contribution is -2.31. The van der Waals surface area contributed by atoms with Gasteiger partial charge in [0.05, 0.1) is 5.69 Å². The average molecular weight is 284 g/mol. The van der Waals surface area contributed by atoms with Gasteiger partial charge < -0.3 is 15.8 Å². The highest BCUT2D eigenvalue weighted by Gasteiger charge is 2.08. The Bertz CT molecular complexity index is 451.